The van der Waals surface area contributed by atoms with Gasteiger partial charge in [-0.15, -0.1) is 0 Å². The maximum Gasteiger partial charge on any atom is 0.290 e. The molecule has 3 heteroatoms. The Kier molecular flexibility index (Phi) is 13.6. The Morgan fingerprint density at radius 3 is 1.58 bits per heavy atom. The van der Waals surface area contributed by atoms with Crippen LogP contribution in [-0.4, -0.2) is 24.3 Å². The third-order valence-corrected chi connectivity index (χ3v) is 5.39. The van der Waals surface area contributed by atoms with E-state index >= 15 is 0 Å². The SMILES string of the molecule is CCCCCCCCC(c1ccc(CCC)cc1)C(OC(C)C)(OC(C)C)OC(C)C. The molecular weight excluding hydrogens is 384 g/mol. The Bertz CT molecular complexity index is 536. The van der Waals surface area contributed by atoms with E-state index < -0.39 is 5.97 Å². The molecule has 0 fully saturated rings. The molecule has 0 N–H and O–H groups in total. The third-order valence-electron chi connectivity index (χ3n) is 5.39. The molecule has 1 aromatic carbocycles. The highest BCUT2D eigenvalue weighted by atomic mass is 16.9. The van der Waals surface area contributed by atoms with Gasteiger partial charge < -0.3 is 14.2 Å². The standard InChI is InChI=1S/C28H50O3/c1-9-11-12-13-14-15-17-27(26-20-18-25(16-10-2)19-21-26)28(29-22(3)4,30-23(5)6)31-24(7)8/h18-24,27H,9-17H2,1-8H3. The highest BCUT2D eigenvalue weighted by Crippen LogP contribution is 2.41. The first-order valence-corrected chi connectivity index (χ1v) is 12.9. The second-order valence-electron chi connectivity index (χ2n) is 9.70. The predicted molar refractivity (Wildman–Crippen MR) is 133 cm³/mol. The summed E-state index contributed by atoms with van der Waals surface area (Å²) in [5, 5.41) is 0. The van der Waals surface area contributed by atoms with Crippen LogP contribution in [0, 0.1) is 0 Å². The number of unbranched alkanes of at least 4 members (excludes halogenated alkanes) is 5. The molecule has 0 radical (unpaired) electrons. The van der Waals surface area contributed by atoms with E-state index in [4.69, 9.17) is 14.2 Å². The van der Waals surface area contributed by atoms with Gasteiger partial charge in [-0.05, 0) is 65.5 Å². The van der Waals surface area contributed by atoms with Gasteiger partial charge in [0.25, 0.3) is 5.97 Å². The first kappa shape index (κ1) is 28.1. The molecule has 1 rings (SSSR count). The topological polar surface area (TPSA) is 27.7 Å². The van der Waals surface area contributed by atoms with Crippen LogP contribution in [0.5, 0.6) is 0 Å². The first-order chi connectivity index (χ1) is 14.7. The average Bonchev–Trinajstić information content (AvgIpc) is 2.67. The number of rotatable bonds is 17. The Labute approximate surface area is 193 Å². The fourth-order valence-corrected chi connectivity index (χ4v) is 4.20. The van der Waals surface area contributed by atoms with Gasteiger partial charge in [-0.25, -0.2) is 0 Å². The van der Waals surface area contributed by atoms with E-state index in [1.807, 2.05) is 0 Å². The van der Waals surface area contributed by atoms with Gasteiger partial charge in [-0.2, -0.15) is 0 Å². The third kappa shape index (κ3) is 10.5. The van der Waals surface area contributed by atoms with Crippen molar-refractivity contribution >= 4 is 0 Å². The molecule has 1 unspecified atom stereocenters. The molecule has 0 spiro atoms. The Hall–Kier alpha value is -0.900. The summed E-state index contributed by atoms with van der Waals surface area (Å²) in [5.74, 6) is -1.05. The van der Waals surface area contributed by atoms with E-state index in [2.05, 4.69) is 79.7 Å². The van der Waals surface area contributed by atoms with E-state index in [1.54, 1.807) is 0 Å². The Balaban J connectivity index is 3.24. The lowest BCUT2D eigenvalue weighted by Crippen LogP contribution is -2.49. The van der Waals surface area contributed by atoms with E-state index in [9.17, 15) is 0 Å². The van der Waals surface area contributed by atoms with Crippen molar-refractivity contribution in [1.82, 2.24) is 0 Å². The first-order valence-electron chi connectivity index (χ1n) is 12.9. The second-order valence-corrected chi connectivity index (χ2v) is 9.70. The van der Waals surface area contributed by atoms with E-state index in [0.717, 1.165) is 25.7 Å². The summed E-state index contributed by atoms with van der Waals surface area (Å²) in [4.78, 5) is 0. The molecule has 1 atom stereocenters. The molecule has 0 saturated heterocycles. The van der Waals surface area contributed by atoms with Crippen molar-refractivity contribution in [3.8, 4) is 0 Å². The summed E-state index contributed by atoms with van der Waals surface area (Å²) in [7, 11) is 0. The maximum atomic E-state index is 6.51. The van der Waals surface area contributed by atoms with Crippen molar-refractivity contribution in [2.45, 2.75) is 143 Å². The smallest absolute Gasteiger partial charge is 0.290 e. The van der Waals surface area contributed by atoms with Gasteiger partial charge >= 0.3 is 0 Å². The molecule has 0 heterocycles. The van der Waals surface area contributed by atoms with Crippen molar-refractivity contribution in [2.75, 3.05) is 0 Å². The van der Waals surface area contributed by atoms with Crippen molar-refractivity contribution in [2.24, 2.45) is 0 Å². The Morgan fingerprint density at radius 2 is 1.13 bits per heavy atom. The molecule has 31 heavy (non-hydrogen) atoms. The van der Waals surface area contributed by atoms with Crippen LogP contribution in [0.1, 0.15) is 124 Å². The minimum absolute atomic E-state index is 0.00363. The Morgan fingerprint density at radius 1 is 0.645 bits per heavy atom. The number of hydrogen-bond donors (Lipinski definition) is 0. The van der Waals surface area contributed by atoms with Crippen LogP contribution < -0.4 is 0 Å². The summed E-state index contributed by atoms with van der Waals surface area (Å²) < 4.78 is 19.5. The van der Waals surface area contributed by atoms with Crippen LogP contribution in [0.25, 0.3) is 0 Å². The monoisotopic (exact) mass is 434 g/mol. The molecule has 1 aromatic rings. The van der Waals surface area contributed by atoms with Crippen LogP contribution in [-0.2, 0) is 20.6 Å². The average molecular weight is 435 g/mol. The number of benzene rings is 1. The number of ether oxygens (including phenoxy) is 3. The van der Waals surface area contributed by atoms with Gasteiger partial charge in [0.1, 0.15) is 0 Å². The summed E-state index contributed by atoms with van der Waals surface area (Å²) in [6.07, 6.45) is 10.9. The van der Waals surface area contributed by atoms with E-state index in [1.165, 1.54) is 43.2 Å². The van der Waals surface area contributed by atoms with Crippen molar-refractivity contribution in [1.29, 1.82) is 0 Å². The van der Waals surface area contributed by atoms with E-state index in [0.29, 0.717) is 0 Å². The molecule has 0 aliphatic heterocycles. The van der Waals surface area contributed by atoms with Crippen LogP contribution in [0.4, 0.5) is 0 Å². The maximum absolute atomic E-state index is 6.51. The zero-order valence-corrected chi connectivity index (χ0v) is 21.7. The van der Waals surface area contributed by atoms with Crippen molar-refractivity contribution < 1.29 is 14.2 Å². The second kappa shape index (κ2) is 15.0. The fourth-order valence-electron chi connectivity index (χ4n) is 4.20. The minimum Gasteiger partial charge on any atom is -0.324 e. The fraction of sp³-hybridized carbons (Fsp3) is 0.786. The zero-order chi connectivity index (χ0) is 23.3. The molecule has 0 aliphatic carbocycles. The lowest BCUT2D eigenvalue weighted by molar-refractivity contribution is -0.420. The van der Waals surface area contributed by atoms with Gasteiger partial charge in [0.2, 0.25) is 0 Å². The molecule has 180 valence electrons. The predicted octanol–water partition coefficient (Wildman–Crippen LogP) is 8.40. The number of hydrogen-bond acceptors (Lipinski definition) is 3. The molecule has 0 aliphatic rings. The van der Waals surface area contributed by atoms with Crippen molar-refractivity contribution in [3.63, 3.8) is 0 Å². The van der Waals surface area contributed by atoms with Gasteiger partial charge in [-0.1, -0.05) is 83.1 Å². The molecule has 3 nitrogen and oxygen atoms in total. The normalized spacial score (nSPS) is 13.5. The highest BCUT2D eigenvalue weighted by Gasteiger charge is 2.45. The lowest BCUT2D eigenvalue weighted by atomic mass is 9.89. The molecule has 0 bridgehead atoms. The summed E-state index contributed by atoms with van der Waals surface area (Å²) >= 11 is 0. The van der Waals surface area contributed by atoms with Crippen molar-refractivity contribution in [3.05, 3.63) is 35.4 Å². The van der Waals surface area contributed by atoms with Gasteiger partial charge in [0.05, 0.1) is 24.2 Å². The highest BCUT2D eigenvalue weighted by molar-refractivity contribution is 5.27. The summed E-state index contributed by atoms with van der Waals surface area (Å²) in [6, 6.07) is 9.05. The molecule has 0 aromatic heterocycles. The van der Waals surface area contributed by atoms with Gasteiger partial charge in [0.15, 0.2) is 0 Å². The summed E-state index contributed by atoms with van der Waals surface area (Å²) in [6.45, 7) is 16.9. The van der Waals surface area contributed by atoms with Crippen LogP contribution in [0.3, 0.4) is 0 Å². The van der Waals surface area contributed by atoms with Crippen LogP contribution in [0.15, 0.2) is 24.3 Å². The minimum atomic E-state index is -1.08. The quantitative estimate of drug-likeness (QED) is 0.182. The lowest BCUT2D eigenvalue weighted by Gasteiger charge is -2.43. The summed E-state index contributed by atoms with van der Waals surface area (Å²) in [5.41, 5.74) is 2.63. The largest absolute Gasteiger partial charge is 0.324 e. The van der Waals surface area contributed by atoms with Gasteiger partial charge in [-0.3, -0.25) is 0 Å². The molecular formula is C28H50O3. The van der Waals surface area contributed by atoms with Crippen LogP contribution in [0.2, 0.25) is 0 Å². The number of aryl methyl sites for hydroxylation is 1. The molecule has 0 amide bonds. The molecule has 0 saturated carbocycles. The van der Waals surface area contributed by atoms with Gasteiger partial charge in [0, 0.05) is 0 Å². The zero-order valence-electron chi connectivity index (χ0n) is 21.7. The van der Waals surface area contributed by atoms with E-state index in [-0.39, 0.29) is 24.2 Å². The van der Waals surface area contributed by atoms with Crippen LogP contribution >= 0.6 is 0 Å².